The minimum Gasteiger partial charge on any atom is -0.347 e. The fraction of sp³-hybridized carbons (Fsp3) is 0.800. The van der Waals surface area contributed by atoms with Crippen LogP contribution in [0.1, 0.15) is 57.3 Å². The van der Waals surface area contributed by atoms with Crippen LogP contribution in [-0.4, -0.2) is 28.6 Å². The van der Waals surface area contributed by atoms with Crippen LogP contribution in [-0.2, 0) is 0 Å². The molecule has 0 radical (unpaired) electrons. The molecule has 4 nitrogen and oxygen atoms in total. The molecule has 19 heavy (non-hydrogen) atoms. The van der Waals surface area contributed by atoms with Gasteiger partial charge in [0.25, 0.3) is 0 Å². The molecule has 4 atom stereocenters. The zero-order chi connectivity index (χ0) is 13.1. The lowest BCUT2D eigenvalue weighted by atomic mass is 9.88. The van der Waals surface area contributed by atoms with E-state index in [0.717, 1.165) is 17.8 Å². The molecule has 3 rings (SSSR count). The zero-order valence-corrected chi connectivity index (χ0v) is 11.9. The van der Waals surface area contributed by atoms with Gasteiger partial charge in [-0.25, -0.2) is 4.98 Å². The molecule has 0 amide bonds. The Morgan fingerprint density at radius 3 is 2.95 bits per heavy atom. The second-order valence-corrected chi connectivity index (χ2v) is 6.12. The highest BCUT2D eigenvalue weighted by Gasteiger charge is 2.34. The maximum Gasteiger partial charge on any atom is 0.122 e. The van der Waals surface area contributed by atoms with Crippen molar-refractivity contribution >= 4 is 0 Å². The standard InChI is InChI=1S/C15H26N4/c1-11(15-17-9-10-18-15)19-14-7-4-5-12(14)13-6-2-3-8-16-13/h9-14,16,19H,2-8H2,1H3,(H,17,18). The molecule has 1 aromatic rings. The number of hydrogen-bond acceptors (Lipinski definition) is 3. The van der Waals surface area contributed by atoms with E-state index < -0.39 is 0 Å². The van der Waals surface area contributed by atoms with Crippen LogP contribution >= 0.6 is 0 Å². The summed E-state index contributed by atoms with van der Waals surface area (Å²) in [5, 5.41) is 7.53. The number of H-pyrrole nitrogens is 1. The van der Waals surface area contributed by atoms with E-state index in [1.165, 1.54) is 45.1 Å². The molecule has 1 aliphatic heterocycles. The van der Waals surface area contributed by atoms with E-state index in [9.17, 15) is 0 Å². The van der Waals surface area contributed by atoms with Crippen LogP contribution in [0.25, 0.3) is 0 Å². The van der Waals surface area contributed by atoms with Crippen molar-refractivity contribution in [3.63, 3.8) is 0 Å². The van der Waals surface area contributed by atoms with Crippen molar-refractivity contribution in [2.75, 3.05) is 6.54 Å². The minimum absolute atomic E-state index is 0.323. The highest BCUT2D eigenvalue weighted by Crippen LogP contribution is 2.32. The SMILES string of the molecule is CC(NC1CCCC1C1CCCCN1)c1ncc[nH]1. The fourth-order valence-electron chi connectivity index (χ4n) is 3.84. The Morgan fingerprint density at radius 1 is 1.26 bits per heavy atom. The molecule has 0 aromatic carbocycles. The van der Waals surface area contributed by atoms with Crippen molar-refractivity contribution in [2.45, 2.75) is 63.6 Å². The Kier molecular flexibility index (Phi) is 4.18. The second-order valence-electron chi connectivity index (χ2n) is 6.12. The Bertz CT molecular complexity index is 370. The number of aromatic nitrogens is 2. The van der Waals surface area contributed by atoms with Gasteiger partial charge < -0.3 is 15.6 Å². The Labute approximate surface area is 115 Å². The molecule has 1 aromatic heterocycles. The van der Waals surface area contributed by atoms with Gasteiger partial charge in [-0.2, -0.15) is 0 Å². The number of nitrogens with one attached hydrogen (secondary N) is 3. The van der Waals surface area contributed by atoms with Crippen LogP contribution in [0.15, 0.2) is 12.4 Å². The van der Waals surface area contributed by atoms with Gasteiger partial charge in [0.1, 0.15) is 5.82 Å². The molecule has 4 unspecified atom stereocenters. The van der Waals surface area contributed by atoms with Crippen molar-refractivity contribution in [1.82, 2.24) is 20.6 Å². The van der Waals surface area contributed by atoms with Crippen LogP contribution in [0.4, 0.5) is 0 Å². The van der Waals surface area contributed by atoms with E-state index in [1.54, 1.807) is 0 Å². The average Bonchev–Trinajstić information content (AvgIpc) is 3.11. The maximum absolute atomic E-state index is 4.36. The molecular weight excluding hydrogens is 236 g/mol. The molecule has 4 heteroatoms. The summed E-state index contributed by atoms with van der Waals surface area (Å²) in [4.78, 5) is 7.58. The highest BCUT2D eigenvalue weighted by atomic mass is 15.0. The molecule has 1 saturated heterocycles. The van der Waals surface area contributed by atoms with Gasteiger partial charge in [0.2, 0.25) is 0 Å². The number of nitrogens with zero attached hydrogens (tertiary/aromatic N) is 1. The first-order valence-electron chi connectivity index (χ1n) is 7.83. The summed E-state index contributed by atoms with van der Waals surface area (Å²) in [7, 11) is 0. The third-order valence-corrected chi connectivity index (χ3v) is 4.83. The number of imidazole rings is 1. The minimum atomic E-state index is 0.323. The predicted molar refractivity (Wildman–Crippen MR) is 76.9 cm³/mol. The summed E-state index contributed by atoms with van der Waals surface area (Å²) in [6.45, 7) is 3.42. The first kappa shape index (κ1) is 13.1. The van der Waals surface area contributed by atoms with E-state index >= 15 is 0 Å². The van der Waals surface area contributed by atoms with Crippen molar-refractivity contribution in [3.8, 4) is 0 Å². The summed E-state index contributed by atoms with van der Waals surface area (Å²) in [5.41, 5.74) is 0. The third-order valence-electron chi connectivity index (χ3n) is 4.83. The van der Waals surface area contributed by atoms with E-state index in [0.29, 0.717) is 12.1 Å². The first-order chi connectivity index (χ1) is 9.34. The molecule has 0 bridgehead atoms. The second kappa shape index (κ2) is 6.06. The Hall–Kier alpha value is -0.870. The third kappa shape index (κ3) is 3.00. The summed E-state index contributed by atoms with van der Waals surface area (Å²) < 4.78 is 0. The molecule has 3 N–H and O–H groups in total. The quantitative estimate of drug-likeness (QED) is 0.781. The van der Waals surface area contributed by atoms with Gasteiger partial charge >= 0.3 is 0 Å². The number of hydrogen-bond donors (Lipinski definition) is 3. The van der Waals surface area contributed by atoms with Gasteiger partial charge in [0, 0.05) is 24.5 Å². The number of aromatic amines is 1. The number of rotatable bonds is 4. The molecule has 2 fully saturated rings. The van der Waals surface area contributed by atoms with Gasteiger partial charge in [-0.05, 0) is 45.1 Å². The van der Waals surface area contributed by atoms with Crippen LogP contribution < -0.4 is 10.6 Å². The monoisotopic (exact) mass is 262 g/mol. The number of piperidine rings is 1. The van der Waals surface area contributed by atoms with Crippen LogP contribution in [0, 0.1) is 5.92 Å². The van der Waals surface area contributed by atoms with Gasteiger partial charge in [0.15, 0.2) is 0 Å². The molecule has 106 valence electrons. The normalized spacial score (nSPS) is 33.4. The fourth-order valence-corrected chi connectivity index (χ4v) is 3.84. The summed E-state index contributed by atoms with van der Waals surface area (Å²) >= 11 is 0. The largest absolute Gasteiger partial charge is 0.347 e. The molecule has 0 spiro atoms. The van der Waals surface area contributed by atoms with Crippen molar-refractivity contribution in [2.24, 2.45) is 5.92 Å². The Balaban J connectivity index is 1.59. The van der Waals surface area contributed by atoms with E-state index in [1.807, 2.05) is 12.4 Å². The van der Waals surface area contributed by atoms with E-state index in [4.69, 9.17) is 0 Å². The van der Waals surface area contributed by atoms with Crippen LogP contribution in [0.2, 0.25) is 0 Å². The van der Waals surface area contributed by atoms with Crippen molar-refractivity contribution in [3.05, 3.63) is 18.2 Å². The predicted octanol–water partition coefficient (Wildman–Crippen LogP) is 2.37. The van der Waals surface area contributed by atoms with Crippen LogP contribution in [0.3, 0.4) is 0 Å². The van der Waals surface area contributed by atoms with Gasteiger partial charge in [0.05, 0.1) is 6.04 Å². The van der Waals surface area contributed by atoms with Gasteiger partial charge in [-0.3, -0.25) is 0 Å². The maximum atomic E-state index is 4.36. The van der Waals surface area contributed by atoms with E-state index in [-0.39, 0.29) is 0 Å². The lowest BCUT2D eigenvalue weighted by molar-refractivity contribution is 0.247. The van der Waals surface area contributed by atoms with Gasteiger partial charge in [-0.15, -0.1) is 0 Å². The first-order valence-corrected chi connectivity index (χ1v) is 7.83. The van der Waals surface area contributed by atoms with Gasteiger partial charge in [-0.1, -0.05) is 12.8 Å². The zero-order valence-electron chi connectivity index (χ0n) is 11.9. The van der Waals surface area contributed by atoms with Crippen LogP contribution in [0.5, 0.6) is 0 Å². The average molecular weight is 262 g/mol. The molecule has 2 heterocycles. The van der Waals surface area contributed by atoms with E-state index in [2.05, 4.69) is 27.5 Å². The molecule has 2 aliphatic rings. The van der Waals surface area contributed by atoms with Crippen molar-refractivity contribution in [1.29, 1.82) is 0 Å². The summed E-state index contributed by atoms with van der Waals surface area (Å²) in [6, 6.07) is 1.71. The molecular formula is C15H26N4. The Morgan fingerprint density at radius 2 is 2.21 bits per heavy atom. The molecule has 1 saturated carbocycles. The lowest BCUT2D eigenvalue weighted by Crippen LogP contribution is -2.47. The van der Waals surface area contributed by atoms with Crippen molar-refractivity contribution < 1.29 is 0 Å². The lowest BCUT2D eigenvalue weighted by Gasteiger charge is -2.34. The smallest absolute Gasteiger partial charge is 0.122 e. The topological polar surface area (TPSA) is 52.7 Å². The summed E-state index contributed by atoms with van der Waals surface area (Å²) in [6.07, 6.45) is 11.9. The molecule has 1 aliphatic carbocycles. The summed E-state index contributed by atoms with van der Waals surface area (Å²) in [5.74, 6) is 1.86. The highest BCUT2D eigenvalue weighted by molar-refractivity contribution is 4.98.